The van der Waals surface area contributed by atoms with Gasteiger partial charge in [-0.25, -0.2) is 4.79 Å². The minimum Gasteiger partial charge on any atom is -0.460 e. The zero-order chi connectivity index (χ0) is 42.1. The Morgan fingerprint density at radius 3 is 2.51 bits per heavy atom. The van der Waals surface area contributed by atoms with Crippen LogP contribution in [0.5, 0.6) is 0 Å². The Morgan fingerprint density at radius 1 is 1.00 bits per heavy atom. The van der Waals surface area contributed by atoms with Crippen LogP contribution < -0.4 is 10.6 Å². The van der Waals surface area contributed by atoms with E-state index in [1.54, 1.807) is 63.2 Å². The number of hydrogen-bond donors (Lipinski definition) is 3. The Labute approximate surface area is 347 Å². The van der Waals surface area contributed by atoms with Crippen molar-refractivity contribution in [1.82, 2.24) is 10.6 Å². The highest BCUT2D eigenvalue weighted by atomic mass is 16.7. The molecule has 2 heterocycles. The van der Waals surface area contributed by atoms with E-state index in [1.165, 1.54) is 18.4 Å². The minimum atomic E-state index is -0.738. The third-order valence-corrected chi connectivity index (χ3v) is 12.8. The Hall–Kier alpha value is -4.36. The first kappa shape index (κ1) is 42.8. The molecule has 0 aromatic heterocycles. The predicted molar refractivity (Wildman–Crippen MR) is 220 cm³/mol. The van der Waals surface area contributed by atoms with Crippen LogP contribution in [0.25, 0.3) is 6.08 Å². The summed E-state index contributed by atoms with van der Waals surface area (Å²) in [7, 11) is 0. The lowest BCUT2D eigenvalue weighted by Crippen LogP contribution is -2.45. The maximum atomic E-state index is 13.5. The number of nitrogens with one attached hydrogen (secondary N) is 2. The summed E-state index contributed by atoms with van der Waals surface area (Å²) in [5.74, 6) is -0.452. The molecule has 2 aromatic carbocycles. The SMILES string of the molecule is CC(C)(C)OC(=O)CCC(CO)NC(=O)c1cccc(CNC(=O)C2=CC3OCOC3C(OC(=O)c3ccc(C=C4CCC5OC5(C)CCC5C4CC5(C)C)cc3)C2)c1. The second-order valence-electron chi connectivity index (χ2n) is 18.8. The van der Waals surface area contributed by atoms with E-state index in [0.717, 1.165) is 24.8 Å². The third kappa shape index (κ3) is 10.3. The van der Waals surface area contributed by atoms with Crippen molar-refractivity contribution < 1.29 is 48.0 Å². The fraction of sp³-hybridized carbons (Fsp3) is 0.574. The quantitative estimate of drug-likeness (QED) is 0.158. The van der Waals surface area contributed by atoms with Gasteiger partial charge in [0.15, 0.2) is 0 Å². The van der Waals surface area contributed by atoms with Crippen molar-refractivity contribution in [2.24, 2.45) is 17.3 Å². The fourth-order valence-corrected chi connectivity index (χ4v) is 9.35. The Kier molecular flexibility index (Phi) is 12.5. The van der Waals surface area contributed by atoms with E-state index in [1.807, 2.05) is 12.1 Å². The molecule has 0 bridgehead atoms. The molecule has 2 saturated heterocycles. The molecule has 318 valence electrons. The van der Waals surface area contributed by atoms with Gasteiger partial charge in [-0.15, -0.1) is 0 Å². The Morgan fingerprint density at radius 2 is 1.78 bits per heavy atom. The zero-order valence-electron chi connectivity index (χ0n) is 35.2. The summed E-state index contributed by atoms with van der Waals surface area (Å²) in [6.45, 7) is 12.2. The number of aliphatic hydroxyl groups is 1. The van der Waals surface area contributed by atoms with Gasteiger partial charge in [-0.1, -0.05) is 49.8 Å². The Balaban J connectivity index is 0.931. The number of epoxide rings is 1. The normalized spacial score (nSPS) is 29.4. The molecule has 4 fully saturated rings. The molecule has 8 unspecified atom stereocenters. The van der Waals surface area contributed by atoms with Crippen LogP contribution in [0.1, 0.15) is 125 Å². The molecule has 2 aliphatic heterocycles. The van der Waals surface area contributed by atoms with E-state index in [4.69, 9.17) is 23.7 Å². The van der Waals surface area contributed by atoms with Gasteiger partial charge in [-0.2, -0.15) is 0 Å². The second kappa shape index (κ2) is 17.3. The molecule has 3 N–H and O–H groups in total. The van der Waals surface area contributed by atoms with E-state index in [0.29, 0.717) is 45.6 Å². The first-order chi connectivity index (χ1) is 28.0. The number of aliphatic hydroxyl groups excluding tert-OH is 1. The maximum Gasteiger partial charge on any atom is 0.338 e. The molecule has 2 amide bonds. The van der Waals surface area contributed by atoms with Crippen molar-refractivity contribution in [3.05, 3.63) is 88.0 Å². The highest BCUT2D eigenvalue weighted by Gasteiger charge is 2.56. The van der Waals surface area contributed by atoms with Gasteiger partial charge in [0.25, 0.3) is 5.91 Å². The summed E-state index contributed by atoms with van der Waals surface area (Å²) >= 11 is 0. The lowest BCUT2D eigenvalue weighted by Gasteiger charge is -2.53. The van der Waals surface area contributed by atoms with Crippen molar-refractivity contribution in [1.29, 1.82) is 0 Å². The minimum absolute atomic E-state index is 0.0241. The maximum absolute atomic E-state index is 13.5. The molecule has 7 rings (SSSR count). The average Bonchev–Trinajstić information content (AvgIpc) is 3.56. The molecule has 2 aromatic rings. The molecule has 8 atom stereocenters. The average molecular weight is 813 g/mol. The van der Waals surface area contributed by atoms with Gasteiger partial charge < -0.3 is 39.4 Å². The number of esters is 2. The van der Waals surface area contributed by atoms with Gasteiger partial charge in [0, 0.05) is 30.5 Å². The number of ether oxygens (including phenoxy) is 5. The van der Waals surface area contributed by atoms with Crippen LogP contribution in [0.3, 0.4) is 0 Å². The molecule has 0 spiro atoms. The number of benzene rings is 2. The summed E-state index contributed by atoms with van der Waals surface area (Å²) in [4.78, 5) is 52.2. The predicted octanol–water partition coefficient (Wildman–Crippen LogP) is 6.59. The number of rotatable bonds is 12. The summed E-state index contributed by atoms with van der Waals surface area (Å²) in [6.07, 6.45) is 8.52. The summed E-state index contributed by atoms with van der Waals surface area (Å²) in [5, 5.41) is 15.5. The van der Waals surface area contributed by atoms with Crippen LogP contribution in [-0.4, -0.2) is 83.9 Å². The van der Waals surface area contributed by atoms with E-state index >= 15 is 0 Å². The second-order valence-corrected chi connectivity index (χ2v) is 18.8. The first-order valence-electron chi connectivity index (χ1n) is 21.1. The third-order valence-electron chi connectivity index (χ3n) is 12.8. The molecule has 12 nitrogen and oxygen atoms in total. The first-order valence-corrected chi connectivity index (χ1v) is 21.1. The molecule has 2 saturated carbocycles. The standard InChI is InChI=1S/C47H60N2O10/c1-45(2,3)59-40(51)17-15-34(26-50)49-43(53)32-9-7-8-29(21-32)25-48-42(52)33-22-37-41(56-27-55-37)38(23-33)57-44(54)30-12-10-28(11-13-30)20-31-14-16-39-47(6,58-39)19-18-36-35(31)24-46(36,4)5/h7-13,20-22,34-39,41,50H,14-19,23-27H2,1-6H3,(H,48,52)(H,49,53). The number of allylic oxidation sites excluding steroid dienone is 1. The number of carbonyl (C=O) groups is 4. The lowest BCUT2D eigenvalue weighted by molar-refractivity contribution is -0.155. The molecule has 5 aliphatic rings. The van der Waals surface area contributed by atoms with E-state index < -0.39 is 47.8 Å². The van der Waals surface area contributed by atoms with Gasteiger partial charge in [-0.3, -0.25) is 14.4 Å². The Bertz CT molecular complexity index is 1960. The molecule has 0 radical (unpaired) electrons. The monoisotopic (exact) mass is 812 g/mol. The number of fused-ring (bicyclic) bond motifs is 3. The smallest absolute Gasteiger partial charge is 0.338 e. The number of amides is 2. The van der Waals surface area contributed by atoms with Gasteiger partial charge in [0.2, 0.25) is 5.91 Å². The lowest BCUT2D eigenvalue weighted by atomic mass is 9.52. The number of carbonyl (C=O) groups excluding carboxylic acids is 4. The van der Waals surface area contributed by atoms with Crippen molar-refractivity contribution in [2.45, 2.75) is 141 Å². The van der Waals surface area contributed by atoms with Gasteiger partial charge in [0.05, 0.1) is 29.9 Å². The van der Waals surface area contributed by atoms with Gasteiger partial charge in [0.1, 0.15) is 30.7 Å². The van der Waals surface area contributed by atoms with Crippen molar-refractivity contribution in [2.75, 3.05) is 13.4 Å². The largest absolute Gasteiger partial charge is 0.460 e. The number of hydrogen-bond acceptors (Lipinski definition) is 10. The van der Waals surface area contributed by atoms with Crippen LogP contribution in [0.4, 0.5) is 0 Å². The fourth-order valence-electron chi connectivity index (χ4n) is 9.35. The summed E-state index contributed by atoms with van der Waals surface area (Å²) < 4.78 is 29.0. The topological polar surface area (TPSA) is 162 Å². The highest BCUT2D eigenvalue weighted by Crippen LogP contribution is 2.59. The molecule has 3 aliphatic carbocycles. The zero-order valence-corrected chi connectivity index (χ0v) is 35.2. The highest BCUT2D eigenvalue weighted by molar-refractivity contribution is 5.95. The molecule has 12 heteroatoms. The van der Waals surface area contributed by atoms with Gasteiger partial charge >= 0.3 is 11.9 Å². The van der Waals surface area contributed by atoms with Crippen LogP contribution in [0.2, 0.25) is 0 Å². The van der Waals surface area contributed by atoms with Crippen molar-refractivity contribution >= 4 is 29.8 Å². The summed E-state index contributed by atoms with van der Waals surface area (Å²) in [5.41, 5.74) is 4.12. The molecule has 59 heavy (non-hydrogen) atoms. The van der Waals surface area contributed by atoms with Crippen molar-refractivity contribution in [3.8, 4) is 0 Å². The van der Waals surface area contributed by atoms with Crippen LogP contribution in [-0.2, 0) is 39.8 Å². The van der Waals surface area contributed by atoms with Crippen LogP contribution in [0, 0.1) is 17.3 Å². The van der Waals surface area contributed by atoms with Crippen molar-refractivity contribution in [3.63, 3.8) is 0 Å². The van der Waals surface area contributed by atoms with E-state index in [-0.39, 0.29) is 50.7 Å². The van der Waals surface area contributed by atoms with Gasteiger partial charge in [-0.05, 0) is 125 Å². The molecular formula is C47H60N2O10. The summed E-state index contributed by atoms with van der Waals surface area (Å²) in [6, 6.07) is 13.7. The molecular weight excluding hydrogens is 753 g/mol. The van der Waals surface area contributed by atoms with E-state index in [9.17, 15) is 24.3 Å². The van der Waals surface area contributed by atoms with Crippen LogP contribution in [0.15, 0.2) is 65.8 Å². The van der Waals surface area contributed by atoms with Crippen LogP contribution >= 0.6 is 0 Å². The van der Waals surface area contributed by atoms with E-state index in [2.05, 4.69) is 37.5 Å².